The first-order valence-electron chi connectivity index (χ1n) is 10.7. The maximum Gasteiger partial charge on any atom is 0.252 e. The summed E-state index contributed by atoms with van der Waals surface area (Å²) in [4.78, 5) is 23.5. The number of carbonyl (C=O) groups excluding carboxylic acids is 1. The average molecular weight is 461 g/mol. The molecule has 1 aliphatic heterocycles. The van der Waals surface area contributed by atoms with Crippen LogP contribution in [-0.2, 0) is 4.74 Å². The fourth-order valence-corrected chi connectivity index (χ4v) is 4.67. The number of rotatable bonds is 6. The molecule has 4 N–H and O–H groups in total. The second kappa shape index (κ2) is 9.53. The molecule has 168 valence electrons. The molecule has 0 radical (unpaired) electrons. The number of aromatic nitrogens is 2. The maximum absolute atomic E-state index is 12.0. The van der Waals surface area contributed by atoms with Gasteiger partial charge in [0, 0.05) is 41.0 Å². The monoisotopic (exact) mass is 460 g/mol. The fraction of sp³-hybridized carbons (Fsp3) is 0.208. The number of carbonyl (C=O) groups is 1. The summed E-state index contributed by atoms with van der Waals surface area (Å²) in [6.45, 7) is 3.46. The number of benzene rings is 2. The molecule has 0 bridgehead atoms. The molecule has 3 heterocycles. The molecular formula is C24H24N6O2S. The quantitative estimate of drug-likeness (QED) is 0.378. The van der Waals surface area contributed by atoms with Gasteiger partial charge in [0.1, 0.15) is 0 Å². The lowest BCUT2D eigenvalue weighted by Gasteiger charge is -2.28. The summed E-state index contributed by atoms with van der Waals surface area (Å²) in [7, 11) is 0. The van der Waals surface area contributed by atoms with Crippen LogP contribution in [0.5, 0.6) is 0 Å². The molecule has 1 aliphatic rings. The fourth-order valence-electron chi connectivity index (χ4n) is 3.80. The number of hydrogen-bond donors (Lipinski definition) is 3. The van der Waals surface area contributed by atoms with E-state index in [0.29, 0.717) is 11.5 Å². The normalized spacial score (nSPS) is 13.8. The van der Waals surface area contributed by atoms with Crippen LogP contribution >= 0.6 is 11.3 Å². The molecule has 4 aromatic rings. The Morgan fingerprint density at radius 2 is 1.85 bits per heavy atom. The lowest BCUT2D eigenvalue weighted by atomic mass is 10.1. The number of nitrogens with zero attached hydrogens (tertiary/aromatic N) is 3. The molecular weight excluding hydrogens is 436 g/mol. The number of thiophene rings is 1. The van der Waals surface area contributed by atoms with Gasteiger partial charge in [0.05, 0.1) is 36.3 Å². The molecule has 0 unspecified atom stereocenters. The molecule has 1 saturated heterocycles. The second-order valence-electron chi connectivity index (χ2n) is 7.61. The lowest BCUT2D eigenvalue weighted by Crippen LogP contribution is -2.36. The number of fused-ring (bicyclic) bond motifs is 1. The van der Waals surface area contributed by atoms with Crippen LogP contribution < -0.4 is 21.3 Å². The van der Waals surface area contributed by atoms with Crippen molar-refractivity contribution in [3.8, 4) is 11.1 Å². The third kappa shape index (κ3) is 4.65. The third-order valence-corrected chi connectivity index (χ3v) is 6.44. The second-order valence-corrected chi connectivity index (χ2v) is 8.53. The number of amides is 1. The summed E-state index contributed by atoms with van der Waals surface area (Å²) in [6.07, 6.45) is 1.84. The predicted molar refractivity (Wildman–Crippen MR) is 132 cm³/mol. The highest BCUT2D eigenvalue weighted by Gasteiger charge is 2.13. The van der Waals surface area contributed by atoms with E-state index in [1.54, 1.807) is 23.5 Å². The zero-order valence-electron chi connectivity index (χ0n) is 18.0. The van der Waals surface area contributed by atoms with Gasteiger partial charge in [-0.3, -0.25) is 4.79 Å². The minimum absolute atomic E-state index is 0.110. The molecule has 9 heteroatoms. The summed E-state index contributed by atoms with van der Waals surface area (Å²) in [5.41, 5.74) is 10.9. The van der Waals surface area contributed by atoms with Gasteiger partial charge in [-0.15, -0.1) is 11.3 Å². The number of nitrogens with two attached hydrogens (primary N) is 1. The summed E-state index contributed by atoms with van der Waals surface area (Å²) in [5, 5.41) is 7.97. The van der Waals surface area contributed by atoms with E-state index < -0.39 is 0 Å². The van der Waals surface area contributed by atoms with E-state index in [1.165, 1.54) is 5.69 Å². The van der Waals surface area contributed by atoms with Crippen LogP contribution in [0.15, 0.2) is 60.1 Å². The Bertz CT molecular complexity index is 1250. The summed E-state index contributed by atoms with van der Waals surface area (Å²) in [5.74, 6) is 0.355. The maximum atomic E-state index is 12.0. The van der Waals surface area contributed by atoms with Gasteiger partial charge < -0.3 is 26.0 Å². The molecule has 1 fully saturated rings. The average Bonchev–Trinajstić information content (AvgIpc) is 3.29. The highest BCUT2D eigenvalue weighted by molar-refractivity contribution is 7.17. The van der Waals surface area contributed by atoms with E-state index in [4.69, 9.17) is 15.5 Å². The molecule has 0 aliphatic carbocycles. The van der Waals surface area contributed by atoms with Gasteiger partial charge in [0.25, 0.3) is 5.91 Å². The molecule has 5 rings (SSSR count). The van der Waals surface area contributed by atoms with Crippen LogP contribution in [-0.4, -0.2) is 48.8 Å². The lowest BCUT2D eigenvalue weighted by molar-refractivity contribution is 0.0955. The largest absolute Gasteiger partial charge is 0.378 e. The van der Waals surface area contributed by atoms with Crippen molar-refractivity contribution in [2.45, 2.75) is 0 Å². The van der Waals surface area contributed by atoms with E-state index in [1.807, 2.05) is 30.5 Å². The van der Waals surface area contributed by atoms with Crippen molar-refractivity contribution in [2.24, 2.45) is 5.73 Å². The van der Waals surface area contributed by atoms with Gasteiger partial charge in [-0.1, -0.05) is 12.1 Å². The molecule has 1 amide bonds. The highest BCUT2D eigenvalue weighted by Crippen LogP contribution is 2.33. The van der Waals surface area contributed by atoms with E-state index in [2.05, 4.69) is 38.0 Å². The number of hydrogen-bond acceptors (Lipinski definition) is 8. The summed E-state index contributed by atoms with van der Waals surface area (Å²) in [6, 6.07) is 15.7. The van der Waals surface area contributed by atoms with Crippen molar-refractivity contribution in [3.63, 3.8) is 0 Å². The van der Waals surface area contributed by atoms with Crippen LogP contribution in [0.4, 0.5) is 17.3 Å². The topological polar surface area (TPSA) is 105 Å². The first-order chi connectivity index (χ1) is 16.2. The van der Waals surface area contributed by atoms with Gasteiger partial charge in [-0.05, 0) is 42.0 Å². The zero-order chi connectivity index (χ0) is 22.6. The zero-order valence-corrected chi connectivity index (χ0v) is 18.8. The van der Waals surface area contributed by atoms with Crippen molar-refractivity contribution in [3.05, 3.63) is 65.7 Å². The molecule has 0 saturated carbocycles. The Balaban J connectivity index is 1.35. The number of ether oxygens (including phenoxy) is 1. The number of anilines is 3. The Labute approximate surface area is 195 Å². The molecule has 0 atom stereocenters. The predicted octanol–water partition coefficient (Wildman–Crippen LogP) is 3.58. The van der Waals surface area contributed by atoms with Gasteiger partial charge in [-0.25, -0.2) is 9.97 Å². The van der Waals surface area contributed by atoms with Crippen molar-refractivity contribution >= 4 is 44.8 Å². The van der Waals surface area contributed by atoms with Crippen molar-refractivity contribution in [1.29, 1.82) is 0 Å². The van der Waals surface area contributed by atoms with E-state index >= 15 is 0 Å². The van der Waals surface area contributed by atoms with Crippen LogP contribution in [0, 0.1) is 0 Å². The Morgan fingerprint density at radius 3 is 2.58 bits per heavy atom. The Kier molecular flexibility index (Phi) is 6.16. The van der Waals surface area contributed by atoms with E-state index in [0.717, 1.165) is 53.3 Å². The van der Waals surface area contributed by atoms with Crippen LogP contribution in [0.2, 0.25) is 0 Å². The van der Waals surface area contributed by atoms with Gasteiger partial charge in [0.2, 0.25) is 5.95 Å². The molecule has 8 nitrogen and oxygen atoms in total. The summed E-state index contributed by atoms with van der Waals surface area (Å²) >= 11 is 1.60. The standard InChI is InChI=1S/C24H24N6O2S/c25-15-27-23(31)17-3-1-16(2-4-17)20-14-33-21-13-26-24(29-22(20)21)28-18-5-7-19(8-6-18)30-9-11-32-12-10-30/h1-8,13-14H,9-12,15,25H2,(H,27,31)(H,26,28,29). The minimum atomic E-state index is -0.187. The van der Waals surface area contributed by atoms with Crippen LogP contribution in [0.1, 0.15) is 10.4 Å². The van der Waals surface area contributed by atoms with E-state index in [9.17, 15) is 4.79 Å². The van der Waals surface area contributed by atoms with Crippen LogP contribution in [0.25, 0.3) is 21.3 Å². The Morgan fingerprint density at radius 1 is 1.09 bits per heavy atom. The van der Waals surface area contributed by atoms with Crippen molar-refractivity contribution < 1.29 is 9.53 Å². The molecule has 0 spiro atoms. The van der Waals surface area contributed by atoms with Gasteiger partial charge in [0.15, 0.2) is 0 Å². The highest BCUT2D eigenvalue weighted by atomic mass is 32.1. The van der Waals surface area contributed by atoms with Gasteiger partial charge >= 0.3 is 0 Å². The SMILES string of the molecule is NCNC(=O)c1ccc(-c2csc3cnc(Nc4ccc(N5CCOCC5)cc4)nc23)cc1. The molecule has 33 heavy (non-hydrogen) atoms. The van der Waals surface area contributed by atoms with Crippen molar-refractivity contribution in [1.82, 2.24) is 15.3 Å². The first kappa shape index (κ1) is 21.3. The molecule has 2 aromatic heterocycles. The number of morpholine rings is 1. The van der Waals surface area contributed by atoms with E-state index in [-0.39, 0.29) is 12.6 Å². The smallest absolute Gasteiger partial charge is 0.252 e. The third-order valence-electron chi connectivity index (χ3n) is 5.53. The Hall–Kier alpha value is -3.53. The molecule has 2 aromatic carbocycles. The minimum Gasteiger partial charge on any atom is -0.378 e. The number of nitrogens with one attached hydrogen (secondary N) is 2. The van der Waals surface area contributed by atoms with Crippen LogP contribution in [0.3, 0.4) is 0 Å². The summed E-state index contributed by atoms with van der Waals surface area (Å²) < 4.78 is 6.43. The van der Waals surface area contributed by atoms with Gasteiger partial charge in [-0.2, -0.15) is 0 Å². The van der Waals surface area contributed by atoms with Crippen molar-refractivity contribution in [2.75, 3.05) is 43.2 Å². The first-order valence-corrected chi connectivity index (χ1v) is 11.6.